The first kappa shape index (κ1) is 17.8. The van der Waals surface area contributed by atoms with E-state index >= 15 is 0 Å². The summed E-state index contributed by atoms with van der Waals surface area (Å²) in [6.07, 6.45) is -4.47. The molecule has 0 unspecified atom stereocenters. The smallest absolute Gasteiger partial charge is 0.416 e. The Morgan fingerprint density at radius 2 is 1.83 bits per heavy atom. The lowest BCUT2D eigenvalue weighted by Crippen LogP contribution is -2.16. The second-order valence-electron chi connectivity index (χ2n) is 5.36. The lowest BCUT2D eigenvalue weighted by Gasteiger charge is -2.15. The molecule has 0 aliphatic carbocycles. The van der Waals surface area contributed by atoms with Gasteiger partial charge in [0.15, 0.2) is 0 Å². The molecule has 0 radical (unpaired) electrons. The maximum Gasteiger partial charge on any atom is 0.416 e. The van der Waals surface area contributed by atoms with E-state index < -0.39 is 17.6 Å². The van der Waals surface area contributed by atoms with Gasteiger partial charge in [-0.05, 0) is 50.1 Å². The lowest BCUT2D eigenvalue weighted by molar-refractivity contribution is -0.138. The number of rotatable bonds is 4. The minimum absolute atomic E-state index is 0.0867. The predicted octanol–water partition coefficient (Wildman–Crippen LogP) is 4.97. The summed E-state index contributed by atoms with van der Waals surface area (Å²) in [7, 11) is 0. The molecule has 0 bridgehead atoms. The van der Waals surface area contributed by atoms with Gasteiger partial charge in [0.05, 0.1) is 17.7 Å². The number of hydrogen-bond acceptors (Lipinski definition) is 2. The van der Waals surface area contributed by atoms with Crippen molar-refractivity contribution in [1.29, 1.82) is 0 Å². The molecule has 1 amide bonds. The number of amides is 1. The van der Waals surface area contributed by atoms with E-state index in [0.717, 1.165) is 6.07 Å². The van der Waals surface area contributed by atoms with Crippen LogP contribution in [-0.4, -0.2) is 12.5 Å². The molecule has 0 heterocycles. The summed E-state index contributed by atoms with van der Waals surface area (Å²) in [5.41, 5.74) is 0.417. The van der Waals surface area contributed by atoms with Crippen molar-refractivity contribution in [3.63, 3.8) is 0 Å². The zero-order chi connectivity index (χ0) is 17.9. The highest BCUT2D eigenvalue weighted by molar-refractivity contribution is 6.07. The molecule has 0 aromatic heterocycles. The third kappa shape index (κ3) is 3.88. The van der Waals surface area contributed by atoms with E-state index in [4.69, 9.17) is 4.74 Å². The van der Waals surface area contributed by atoms with Crippen molar-refractivity contribution < 1.29 is 22.7 Å². The lowest BCUT2D eigenvalue weighted by atomic mass is 10.1. The molecule has 2 aromatic rings. The van der Waals surface area contributed by atoms with Gasteiger partial charge in [-0.3, -0.25) is 4.79 Å². The fraction of sp³-hybridized carbons (Fsp3) is 0.278. The molecule has 0 spiro atoms. The van der Waals surface area contributed by atoms with Gasteiger partial charge in [0.1, 0.15) is 5.75 Å². The second-order valence-corrected chi connectivity index (χ2v) is 5.36. The van der Waals surface area contributed by atoms with Crippen molar-refractivity contribution >= 4 is 11.6 Å². The Balaban J connectivity index is 2.35. The largest absolute Gasteiger partial charge is 0.493 e. The molecule has 3 nitrogen and oxygen atoms in total. The van der Waals surface area contributed by atoms with Gasteiger partial charge < -0.3 is 10.1 Å². The molecule has 6 heteroatoms. The highest BCUT2D eigenvalue weighted by Crippen LogP contribution is 2.33. The Kier molecular flexibility index (Phi) is 5.17. The third-order valence-corrected chi connectivity index (χ3v) is 3.56. The molecule has 0 aliphatic heterocycles. The monoisotopic (exact) mass is 337 g/mol. The van der Waals surface area contributed by atoms with Gasteiger partial charge in [0.2, 0.25) is 0 Å². The van der Waals surface area contributed by atoms with Crippen LogP contribution in [0.1, 0.15) is 34.0 Å². The molecule has 2 aromatic carbocycles. The molecule has 0 saturated carbocycles. The van der Waals surface area contributed by atoms with Crippen LogP contribution in [0.15, 0.2) is 36.4 Å². The molecule has 2 rings (SSSR count). The Hall–Kier alpha value is -2.50. The molecular weight excluding hydrogens is 319 g/mol. The van der Waals surface area contributed by atoms with Crippen molar-refractivity contribution in [1.82, 2.24) is 0 Å². The summed E-state index contributed by atoms with van der Waals surface area (Å²) in [6.45, 7) is 5.29. The van der Waals surface area contributed by atoms with Crippen LogP contribution in [-0.2, 0) is 6.18 Å². The first-order valence-electron chi connectivity index (χ1n) is 7.45. The van der Waals surface area contributed by atoms with Crippen LogP contribution < -0.4 is 10.1 Å². The number of carbonyl (C=O) groups is 1. The molecule has 24 heavy (non-hydrogen) atoms. The Labute approximate surface area is 138 Å². The van der Waals surface area contributed by atoms with Gasteiger partial charge in [0, 0.05) is 5.69 Å². The van der Waals surface area contributed by atoms with Gasteiger partial charge in [-0.15, -0.1) is 0 Å². The van der Waals surface area contributed by atoms with Crippen molar-refractivity contribution in [2.75, 3.05) is 11.9 Å². The van der Waals surface area contributed by atoms with Crippen molar-refractivity contribution in [2.24, 2.45) is 0 Å². The van der Waals surface area contributed by atoms with Crippen LogP contribution >= 0.6 is 0 Å². The van der Waals surface area contributed by atoms with Gasteiger partial charge >= 0.3 is 6.18 Å². The average Bonchev–Trinajstić information content (AvgIpc) is 2.48. The number of alkyl halides is 3. The second kappa shape index (κ2) is 6.95. The highest BCUT2D eigenvalue weighted by atomic mass is 19.4. The van der Waals surface area contributed by atoms with Crippen LogP contribution in [0.2, 0.25) is 0 Å². The van der Waals surface area contributed by atoms with E-state index in [1.165, 1.54) is 19.1 Å². The Bertz CT molecular complexity index is 754. The van der Waals surface area contributed by atoms with Crippen LogP contribution in [0.25, 0.3) is 0 Å². The van der Waals surface area contributed by atoms with Gasteiger partial charge in [-0.2, -0.15) is 13.2 Å². The number of anilines is 1. The molecule has 0 atom stereocenters. The van der Waals surface area contributed by atoms with Gasteiger partial charge in [-0.25, -0.2) is 0 Å². The summed E-state index contributed by atoms with van der Waals surface area (Å²) >= 11 is 0. The van der Waals surface area contributed by atoms with Gasteiger partial charge in [0.25, 0.3) is 5.91 Å². The minimum Gasteiger partial charge on any atom is -0.493 e. The van der Waals surface area contributed by atoms with Crippen LogP contribution in [0, 0.1) is 13.8 Å². The average molecular weight is 337 g/mol. The number of halogens is 3. The van der Waals surface area contributed by atoms with E-state index in [1.807, 2.05) is 0 Å². The Morgan fingerprint density at radius 3 is 2.46 bits per heavy atom. The SMILES string of the molecule is CCOc1cccc(C)c1C(=O)Nc1ccc(C)c(C(F)(F)F)c1. The zero-order valence-corrected chi connectivity index (χ0v) is 13.6. The first-order chi connectivity index (χ1) is 11.2. The van der Waals surface area contributed by atoms with E-state index in [9.17, 15) is 18.0 Å². The zero-order valence-electron chi connectivity index (χ0n) is 13.6. The molecule has 1 N–H and O–H groups in total. The topological polar surface area (TPSA) is 38.3 Å². The molecule has 128 valence electrons. The molecule has 0 aliphatic rings. The predicted molar refractivity (Wildman–Crippen MR) is 86.5 cm³/mol. The van der Waals surface area contributed by atoms with Crippen LogP contribution in [0.5, 0.6) is 5.75 Å². The number of aryl methyl sites for hydroxylation is 2. The fourth-order valence-electron chi connectivity index (χ4n) is 2.41. The standard InChI is InChI=1S/C18H18F3NO2/c1-4-24-15-7-5-6-12(3)16(15)17(23)22-13-9-8-11(2)14(10-13)18(19,20)21/h5-10H,4H2,1-3H3,(H,22,23). The van der Waals surface area contributed by atoms with E-state index in [-0.39, 0.29) is 11.3 Å². The van der Waals surface area contributed by atoms with Crippen molar-refractivity contribution in [2.45, 2.75) is 26.9 Å². The Morgan fingerprint density at radius 1 is 1.12 bits per heavy atom. The quantitative estimate of drug-likeness (QED) is 0.855. The summed E-state index contributed by atoms with van der Waals surface area (Å²) in [4.78, 5) is 12.5. The van der Waals surface area contributed by atoms with Crippen LogP contribution in [0.3, 0.4) is 0 Å². The summed E-state index contributed by atoms with van der Waals surface area (Å²) in [5.74, 6) is -0.105. The third-order valence-electron chi connectivity index (χ3n) is 3.56. The number of benzene rings is 2. The number of nitrogens with one attached hydrogen (secondary N) is 1. The molecular formula is C18H18F3NO2. The van der Waals surface area contributed by atoms with Crippen molar-refractivity contribution in [3.8, 4) is 5.75 Å². The molecule has 0 fully saturated rings. The van der Waals surface area contributed by atoms with E-state index in [2.05, 4.69) is 5.32 Å². The molecule has 0 saturated heterocycles. The number of ether oxygens (including phenoxy) is 1. The summed E-state index contributed by atoms with van der Waals surface area (Å²) in [5, 5.41) is 2.52. The number of carbonyl (C=O) groups excluding carboxylic acids is 1. The first-order valence-corrected chi connectivity index (χ1v) is 7.45. The minimum atomic E-state index is -4.47. The van der Waals surface area contributed by atoms with Gasteiger partial charge in [-0.1, -0.05) is 18.2 Å². The highest BCUT2D eigenvalue weighted by Gasteiger charge is 2.32. The maximum absolute atomic E-state index is 13.0. The van der Waals surface area contributed by atoms with E-state index in [1.54, 1.807) is 32.0 Å². The normalized spacial score (nSPS) is 11.2. The summed E-state index contributed by atoms with van der Waals surface area (Å²) < 4.78 is 44.4. The fourth-order valence-corrected chi connectivity index (χ4v) is 2.41. The van der Waals surface area contributed by atoms with Crippen molar-refractivity contribution in [3.05, 3.63) is 58.7 Å². The summed E-state index contributed by atoms with van der Waals surface area (Å²) in [6, 6.07) is 8.87. The van der Waals surface area contributed by atoms with E-state index in [0.29, 0.717) is 23.5 Å². The van der Waals surface area contributed by atoms with Crippen LogP contribution in [0.4, 0.5) is 18.9 Å². The maximum atomic E-state index is 13.0. The number of hydrogen-bond donors (Lipinski definition) is 1.